The second-order valence-corrected chi connectivity index (χ2v) is 6.94. The molecule has 0 unspecified atom stereocenters. The van der Waals surface area contributed by atoms with E-state index in [1.807, 2.05) is 32.0 Å². The van der Waals surface area contributed by atoms with Crippen molar-refractivity contribution >= 4 is 19.7 Å². The Bertz CT molecular complexity index is 739. The number of hydrogen-bond donors (Lipinski definition) is 0. The highest BCUT2D eigenvalue weighted by Crippen LogP contribution is 2.29. The maximum absolute atomic E-state index is 13.5. The van der Waals surface area contributed by atoms with Crippen LogP contribution in [0.15, 0.2) is 41.3 Å². The lowest BCUT2D eigenvalue weighted by Gasteiger charge is -2.09. The average Bonchev–Trinajstić information content (AvgIpc) is 2.29. The minimum Gasteiger partial charge on any atom is -0.207 e. The molecule has 2 rings (SSSR count). The topological polar surface area (TPSA) is 34.1 Å². The van der Waals surface area contributed by atoms with Crippen molar-refractivity contribution in [3.8, 4) is 11.1 Å². The SMILES string of the molecule is Cc1ccc(-c2ccc(F)c(S(=O)(=O)Cl)c2)c(C)c1. The minimum atomic E-state index is -4.09. The van der Waals surface area contributed by atoms with Gasteiger partial charge in [-0.15, -0.1) is 0 Å². The lowest BCUT2D eigenvalue weighted by atomic mass is 9.99. The van der Waals surface area contributed by atoms with Crippen LogP contribution in [0.25, 0.3) is 11.1 Å². The Balaban J connectivity index is 2.65. The summed E-state index contributed by atoms with van der Waals surface area (Å²) >= 11 is 0. The Morgan fingerprint density at radius 3 is 2.32 bits per heavy atom. The maximum atomic E-state index is 13.5. The maximum Gasteiger partial charge on any atom is 0.264 e. The van der Waals surface area contributed by atoms with Gasteiger partial charge in [0.1, 0.15) is 10.7 Å². The average molecular weight is 299 g/mol. The molecule has 2 aromatic rings. The quantitative estimate of drug-likeness (QED) is 0.784. The first-order valence-corrected chi connectivity index (χ1v) is 7.92. The predicted molar refractivity (Wildman–Crippen MR) is 74.3 cm³/mol. The standard InChI is InChI=1S/C14H12ClFO2S/c1-9-3-5-12(10(2)7-9)11-4-6-13(16)14(8-11)19(15,17)18/h3-8H,1-2H3. The van der Waals surface area contributed by atoms with Gasteiger partial charge in [-0.05, 0) is 42.7 Å². The van der Waals surface area contributed by atoms with E-state index >= 15 is 0 Å². The normalized spacial score (nSPS) is 11.6. The van der Waals surface area contributed by atoms with Crippen LogP contribution >= 0.6 is 10.7 Å². The van der Waals surface area contributed by atoms with Gasteiger partial charge in [0.15, 0.2) is 0 Å². The van der Waals surface area contributed by atoms with Crippen LogP contribution in [0, 0.1) is 19.7 Å². The van der Waals surface area contributed by atoms with E-state index in [4.69, 9.17) is 10.7 Å². The van der Waals surface area contributed by atoms with Crippen LogP contribution in [0.3, 0.4) is 0 Å². The molecule has 0 aliphatic carbocycles. The Morgan fingerprint density at radius 2 is 1.74 bits per heavy atom. The van der Waals surface area contributed by atoms with Crippen LogP contribution in [0.1, 0.15) is 11.1 Å². The number of benzene rings is 2. The fraction of sp³-hybridized carbons (Fsp3) is 0.143. The van der Waals surface area contributed by atoms with E-state index in [-0.39, 0.29) is 0 Å². The second-order valence-electron chi connectivity index (χ2n) is 4.40. The third-order valence-electron chi connectivity index (χ3n) is 2.89. The molecule has 0 spiro atoms. The molecular formula is C14H12ClFO2S. The number of halogens is 2. The molecule has 5 heteroatoms. The number of hydrogen-bond acceptors (Lipinski definition) is 2. The van der Waals surface area contributed by atoms with Gasteiger partial charge < -0.3 is 0 Å². The van der Waals surface area contributed by atoms with Gasteiger partial charge in [-0.2, -0.15) is 0 Å². The smallest absolute Gasteiger partial charge is 0.207 e. The molecule has 0 heterocycles. The highest BCUT2D eigenvalue weighted by atomic mass is 35.7. The van der Waals surface area contributed by atoms with Crippen molar-refractivity contribution in [3.05, 3.63) is 53.3 Å². The number of rotatable bonds is 2. The van der Waals surface area contributed by atoms with Gasteiger partial charge in [-0.1, -0.05) is 29.8 Å². The molecule has 0 amide bonds. The van der Waals surface area contributed by atoms with Crippen LogP contribution in [-0.4, -0.2) is 8.42 Å². The Hall–Kier alpha value is -1.39. The zero-order valence-corrected chi connectivity index (χ0v) is 12.0. The van der Waals surface area contributed by atoms with Crippen molar-refractivity contribution < 1.29 is 12.8 Å². The summed E-state index contributed by atoms with van der Waals surface area (Å²) in [5, 5.41) is 0. The van der Waals surface area contributed by atoms with Crippen molar-refractivity contribution in [3.63, 3.8) is 0 Å². The van der Waals surface area contributed by atoms with Gasteiger partial charge in [-0.3, -0.25) is 0 Å². The molecule has 0 aliphatic heterocycles. The highest BCUT2D eigenvalue weighted by Gasteiger charge is 2.17. The fourth-order valence-electron chi connectivity index (χ4n) is 2.00. The molecule has 0 radical (unpaired) electrons. The van der Waals surface area contributed by atoms with Gasteiger partial charge in [0, 0.05) is 10.7 Å². The van der Waals surface area contributed by atoms with Crippen LogP contribution in [0.2, 0.25) is 0 Å². The molecule has 2 nitrogen and oxygen atoms in total. The van der Waals surface area contributed by atoms with Crippen LogP contribution in [-0.2, 0) is 9.05 Å². The zero-order chi connectivity index (χ0) is 14.2. The van der Waals surface area contributed by atoms with Crippen molar-refractivity contribution in [1.82, 2.24) is 0 Å². The summed E-state index contributed by atoms with van der Waals surface area (Å²) < 4.78 is 36.1. The van der Waals surface area contributed by atoms with Gasteiger partial charge in [0.25, 0.3) is 9.05 Å². The Morgan fingerprint density at radius 1 is 1.05 bits per heavy atom. The van der Waals surface area contributed by atoms with E-state index in [2.05, 4.69) is 0 Å². The van der Waals surface area contributed by atoms with Crippen molar-refractivity contribution in [2.75, 3.05) is 0 Å². The summed E-state index contributed by atoms with van der Waals surface area (Å²) in [6, 6.07) is 9.69. The Labute approximate surface area is 116 Å². The number of aryl methyl sites for hydroxylation is 2. The van der Waals surface area contributed by atoms with Gasteiger partial charge >= 0.3 is 0 Å². The summed E-state index contributed by atoms with van der Waals surface area (Å²) in [7, 11) is 1.13. The fourth-order valence-corrected chi connectivity index (χ4v) is 2.92. The molecule has 0 saturated heterocycles. The van der Waals surface area contributed by atoms with Crippen molar-refractivity contribution in [2.45, 2.75) is 18.7 Å². The van der Waals surface area contributed by atoms with Crippen molar-refractivity contribution in [2.24, 2.45) is 0 Å². The predicted octanol–water partition coefficient (Wildman–Crippen LogP) is 4.04. The Kier molecular flexibility index (Phi) is 3.65. The summed E-state index contributed by atoms with van der Waals surface area (Å²) in [5.74, 6) is -0.844. The third kappa shape index (κ3) is 2.96. The summed E-state index contributed by atoms with van der Waals surface area (Å²) in [4.78, 5) is -0.494. The molecule has 0 fully saturated rings. The van der Waals surface area contributed by atoms with Crippen LogP contribution in [0.5, 0.6) is 0 Å². The van der Waals surface area contributed by atoms with E-state index in [1.54, 1.807) is 6.07 Å². The largest absolute Gasteiger partial charge is 0.264 e. The van der Waals surface area contributed by atoms with E-state index in [0.29, 0.717) is 5.56 Å². The monoisotopic (exact) mass is 298 g/mol. The highest BCUT2D eigenvalue weighted by molar-refractivity contribution is 8.13. The molecular weight excluding hydrogens is 287 g/mol. The molecule has 0 bridgehead atoms. The van der Waals surface area contributed by atoms with E-state index < -0.39 is 19.8 Å². The lowest BCUT2D eigenvalue weighted by molar-refractivity contribution is 0.576. The molecule has 2 aromatic carbocycles. The summed E-state index contributed by atoms with van der Waals surface area (Å²) in [5.41, 5.74) is 3.57. The first-order valence-electron chi connectivity index (χ1n) is 5.61. The summed E-state index contributed by atoms with van der Waals surface area (Å²) in [6.07, 6.45) is 0. The van der Waals surface area contributed by atoms with Crippen LogP contribution in [0.4, 0.5) is 4.39 Å². The molecule has 0 aromatic heterocycles. The lowest BCUT2D eigenvalue weighted by Crippen LogP contribution is -1.96. The van der Waals surface area contributed by atoms with Gasteiger partial charge in [-0.25, -0.2) is 12.8 Å². The van der Waals surface area contributed by atoms with Crippen molar-refractivity contribution in [1.29, 1.82) is 0 Å². The molecule has 0 N–H and O–H groups in total. The second kappa shape index (κ2) is 4.94. The van der Waals surface area contributed by atoms with Gasteiger partial charge in [0.2, 0.25) is 0 Å². The molecule has 0 saturated carbocycles. The van der Waals surface area contributed by atoms with E-state index in [0.717, 1.165) is 22.8 Å². The first kappa shape index (κ1) is 14.0. The summed E-state index contributed by atoms with van der Waals surface area (Å²) in [6.45, 7) is 3.89. The van der Waals surface area contributed by atoms with Crippen LogP contribution < -0.4 is 0 Å². The minimum absolute atomic E-state index is 0.494. The van der Waals surface area contributed by atoms with E-state index in [1.165, 1.54) is 6.07 Å². The molecule has 100 valence electrons. The van der Waals surface area contributed by atoms with E-state index in [9.17, 15) is 12.8 Å². The van der Waals surface area contributed by atoms with Gasteiger partial charge in [0.05, 0.1) is 0 Å². The third-order valence-corrected chi connectivity index (χ3v) is 4.22. The first-order chi connectivity index (χ1) is 8.79. The molecule has 0 atom stereocenters. The zero-order valence-electron chi connectivity index (χ0n) is 10.4. The molecule has 0 aliphatic rings. The molecule has 19 heavy (non-hydrogen) atoms.